The van der Waals surface area contributed by atoms with Crippen LogP contribution in [0.25, 0.3) is 11.2 Å². The van der Waals surface area contributed by atoms with Crippen molar-refractivity contribution < 1.29 is 0 Å². The molecule has 31 heavy (non-hydrogen) atoms. The van der Waals surface area contributed by atoms with Crippen LogP contribution in [0.3, 0.4) is 0 Å². The first-order valence-corrected chi connectivity index (χ1v) is 10.8. The minimum atomic E-state index is 0.346. The maximum absolute atomic E-state index is 9.46. The van der Waals surface area contributed by atoms with Crippen molar-refractivity contribution in [3.63, 3.8) is 0 Å². The predicted molar refractivity (Wildman–Crippen MR) is 124 cm³/mol. The van der Waals surface area contributed by atoms with Crippen molar-refractivity contribution >= 4 is 22.5 Å². The highest BCUT2D eigenvalue weighted by Crippen LogP contribution is 2.36. The van der Waals surface area contributed by atoms with E-state index < -0.39 is 0 Å². The summed E-state index contributed by atoms with van der Waals surface area (Å²) >= 11 is 0. The van der Waals surface area contributed by atoms with Gasteiger partial charge in [0.2, 0.25) is 0 Å². The molecule has 0 fully saturated rings. The van der Waals surface area contributed by atoms with E-state index in [1.165, 1.54) is 16.7 Å². The topological polar surface area (TPSA) is 57.7 Å². The fraction of sp³-hybridized carbons (Fsp3) is 0.269. The van der Waals surface area contributed by atoms with Crippen LogP contribution in [0.1, 0.15) is 35.0 Å². The summed E-state index contributed by atoms with van der Waals surface area (Å²) in [6.07, 6.45) is 4.67. The minimum absolute atomic E-state index is 0.346. The largest absolute Gasteiger partial charge is 0.327 e. The molecule has 0 bridgehead atoms. The third kappa shape index (κ3) is 3.34. The first-order valence-electron chi connectivity index (χ1n) is 10.8. The Kier molecular flexibility index (Phi) is 4.91. The number of para-hydroxylation sites is 1. The molecular weight excluding hydrogens is 382 g/mol. The number of nitriles is 1. The van der Waals surface area contributed by atoms with Crippen molar-refractivity contribution in [1.82, 2.24) is 14.5 Å². The molecule has 154 valence electrons. The lowest BCUT2D eigenvalue weighted by atomic mass is 10.0. The molecule has 0 saturated heterocycles. The van der Waals surface area contributed by atoms with Gasteiger partial charge >= 0.3 is 0 Å². The average molecular weight is 408 g/mol. The molecule has 5 heteroatoms. The van der Waals surface area contributed by atoms with Crippen molar-refractivity contribution in [2.75, 3.05) is 11.4 Å². The normalized spacial score (nSPS) is 12.9. The summed E-state index contributed by atoms with van der Waals surface area (Å²) in [6, 6.07) is 19.4. The van der Waals surface area contributed by atoms with Gasteiger partial charge in [0.05, 0.1) is 12.6 Å². The van der Waals surface area contributed by atoms with Gasteiger partial charge in [-0.3, -0.25) is 0 Å². The second kappa shape index (κ2) is 7.88. The molecule has 0 radical (unpaired) electrons. The number of fused-ring (bicyclic) bond motifs is 3. The first kappa shape index (κ1) is 19.3. The zero-order chi connectivity index (χ0) is 21.4. The van der Waals surface area contributed by atoms with Gasteiger partial charge in [0.25, 0.3) is 0 Å². The molecule has 5 rings (SSSR count). The van der Waals surface area contributed by atoms with E-state index in [9.17, 15) is 5.26 Å². The van der Waals surface area contributed by atoms with Crippen LogP contribution in [0.5, 0.6) is 0 Å². The Bertz CT molecular complexity index is 1310. The van der Waals surface area contributed by atoms with E-state index >= 15 is 0 Å². The quantitative estimate of drug-likeness (QED) is 0.441. The lowest BCUT2D eigenvalue weighted by Crippen LogP contribution is -2.18. The van der Waals surface area contributed by atoms with E-state index in [1.807, 2.05) is 18.3 Å². The molecule has 2 aromatic heterocycles. The molecule has 0 unspecified atom stereocenters. The zero-order valence-corrected chi connectivity index (χ0v) is 18.0. The zero-order valence-electron chi connectivity index (χ0n) is 18.0. The maximum Gasteiger partial charge on any atom is 0.160 e. The molecule has 0 amide bonds. The van der Waals surface area contributed by atoms with Gasteiger partial charge in [-0.15, -0.1) is 0 Å². The highest BCUT2D eigenvalue weighted by Gasteiger charge is 2.21. The van der Waals surface area contributed by atoms with Gasteiger partial charge in [0.15, 0.2) is 5.65 Å². The van der Waals surface area contributed by atoms with Gasteiger partial charge in [-0.1, -0.05) is 37.3 Å². The Balaban J connectivity index is 1.56. The van der Waals surface area contributed by atoms with E-state index in [0.29, 0.717) is 6.54 Å². The van der Waals surface area contributed by atoms with Crippen molar-refractivity contribution in [1.29, 1.82) is 5.26 Å². The van der Waals surface area contributed by atoms with Gasteiger partial charge in [-0.05, 0) is 60.2 Å². The minimum Gasteiger partial charge on any atom is -0.327 e. The van der Waals surface area contributed by atoms with E-state index in [0.717, 1.165) is 59.7 Å². The summed E-state index contributed by atoms with van der Waals surface area (Å²) < 4.78 is 2.24. The number of hydrogen-bond donors (Lipinski definition) is 0. The number of anilines is 2. The highest BCUT2D eigenvalue weighted by atomic mass is 15.1. The van der Waals surface area contributed by atoms with Crippen molar-refractivity contribution in [2.24, 2.45) is 0 Å². The van der Waals surface area contributed by atoms with Gasteiger partial charge < -0.3 is 9.47 Å². The van der Waals surface area contributed by atoms with E-state index in [2.05, 4.69) is 70.8 Å². The molecule has 3 heterocycles. The lowest BCUT2D eigenvalue weighted by molar-refractivity contribution is 0.745. The van der Waals surface area contributed by atoms with Crippen LogP contribution in [0, 0.1) is 18.3 Å². The molecule has 2 aromatic carbocycles. The van der Waals surface area contributed by atoms with Gasteiger partial charge in [-0.2, -0.15) is 5.26 Å². The van der Waals surface area contributed by atoms with Gasteiger partial charge in [-0.25, -0.2) is 9.97 Å². The standard InChI is InChI=1S/C26H25N5/c1-3-24-29-25-18(2)12-14-28-26(25)31(24)17-19-8-11-23-21(16-19)10-9-20-6-4-5-7-22(20)30(23)15-13-27/h4-8,11-12,14,16H,3,9-10,15,17H2,1-2H3. The van der Waals surface area contributed by atoms with E-state index in [4.69, 9.17) is 4.98 Å². The first-order chi connectivity index (χ1) is 15.2. The summed E-state index contributed by atoms with van der Waals surface area (Å²) in [6.45, 7) is 5.32. The Labute approximate surface area is 182 Å². The molecule has 0 aliphatic carbocycles. The number of imidazole rings is 1. The molecule has 0 saturated carbocycles. The van der Waals surface area contributed by atoms with E-state index in [-0.39, 0.29) is 0 Å². The van der Waals surface area contributed by atoms with Crippen LogP contribution in [0.2, 0.25) is 0 Å². The van der Waals surface area contributed by atoms with E-state index in [1.54, 1.807) is 0 Å². The molecule has 0 atom stereocenters. The van der Waals surface area contributed by atoms with Crippen molar-refractivity contribution in [3.05, 3.63) is 82.8 Å². The predicted octanol–water partition coefficient (Wildman–Crippen LogP) is 5.11. The summed E-state index contributed by atoms with van der Waals surface area (Å²) in [5.41, 5.74) is 9.19. The smallest absolute Gasteiger partial charge is 0.160 e. The summed E-state index contributed by atoms with van der Waals surface area (Å²) in [7, 11) is 0. The number of nitrogens with zero attached hydrogens (tertiary/aromatic N) is 5. The number of aryl methyl sites for hydroxylation is 4. The van der Waals surface area contributed by atoms with Crippen LogP contribution < -0.4 is 4.90 Å². The summed E-state index contributed by atoms with van der Waals surface area (Å²) in [5.74, 6) is 1.06. The van der Waals surface area contributed by atoms with Crippen LogP contribution in [0.15, 0.2) is 54.7 Å². The highest BCUT2D eigenvalue weighted by molar-refractivity contribution is 5.75. The molecule has 4 aromatic rings. The fourth-order valence-corrected chi connectivity index (χ4v) is 4.63. The Morgan fingerprint density at radius 1 is 1.03 bits per heavy atom. The average Bonchev–Trinajstić information content (AvgIpc) is 3.07. The molecular formula is C26H25N5. The molecule has 0 spiro atoms. The third-order valence-electron chi connectivity index (χ3n) is 6.18. The second-order valence-electron chi connectivity index (χ2n) is 8.10. The lowest BCUT2D eigenvalue weighted by Gasteiger charge is -2.24. The van der Waals surface area contributed by atoms with Crippen LogP contribution in [0.4, 0.5) is 11.4 Å². The number of pyridine rings is 1. The Morgan fingerprint density at radius 3 is 2.68 bits per heavy atom. The number of rotatable bonds is 4. The molecule has 1 aliphatic heterocycles. The summed E-state index contributed by atoms with van der Waals surface area (Å²) in [5, 5.41) is 9.46. The van der Waals surface area contributed by atoms with Crippen LogP contribution in [-0.2, 0) is 25.8 Å². The fourth-order valence-electron chi connectivity index (χ4n) is 4.63. The second-order valence-corrected chi connectivity index (χ2v) is 8.10. The molecule has 1 aliphatic rings. The SMILES string of the molecule is CCc1nc2c(C)ccnc2n1Cc1ccc2c(c1)CCc1ccccc1N2CC#N. The monoisotopic (exact) mass is 407 g/mol. The number of hydrogen-bond acceptors (Lipinski definition) is 4. The maximum atomic E-state index is 9.46. The van der Waals surface area contributed by atoms with Gasteiger partial charge in [0.1, 0.15) is 17.9 Å². The molecule has 0 N–H and O–H groups in total. The molecule has 5 nitrogen and oxygen atoms in total. The Morgan fingerprint density at radius 2 is 1.84 bits per heavy atom. The number of aromatic nitrogens is 3. The van der Waals surface area contributed by atoms with Crippen LogP contribution >= 0.6 is 0 Å². The summed E-state index contributed by atoms with van der Waals surface area (Å²) in [4.78, 5) is 11.6. The number of benzene rings is 2. The van der Waals surface area contributed by atoms with Gasteiger partial charge in [0, 0.05) is 24.0 Å². The van der Waals surface area contributed by atoms with Crippen molar-refractivity contribution in [3.8, 4) is 6.07 Å². The van der Waals surface area contributed by atoms with Crippen LogP contribution in [-0.4, -0.2) is 21.1 Å². The third-order valence-corrected chi connectivity index (χ3v) is 6.18. The van der Waals surface area contributed by atoms with Crippen molar-refractivity contribution in [2.45, 2.75) is 39.7 Å². The Hall–Kier alpha value is -3.65.